The molecule has 62 valence electrons. The molecular weight excluding hydrogens is 369 g/mol. The van der Waals surface area contributed by atoms with Crippen molar-refractivity contribution in [2.45, 2.75) is 6.92 Å². The van der Waals surface area contributed by atoms with Gasteiger partial charge >= 0.3 is 83.0 Å². The third-order valence-corrected chi connectivity index (χ3v) is 7.79. The van der Waals surface area contributed by atoms with Crippen molar-refractivity contribution in [3.63, 3.8) is 0 Å². The second-order valence-electron chi connectivity index (χ2n) is 2.07. The van der Waals surface area contributed by atoms with Gasteiger partial charge in [0.2, 0.25) is 0 Å². The molecule has 0 saturated carbocycles. The van der Waals surface area contributed by atoms with Crippen molar-refractivity contribution in [1.82, 2.24) is 0 Å². The van der Waals surface area contributed by atoms with E-state index in [1.165, 1.54) is 3.57 Å². The summed E-state index contributed by atoms with van der Waals surface area (Å²) in [5.41, 5.74) is 0.736. The van der Waals surface area contributed by atoms with Crippen molar-refractivity contribution >= 4 is 21.3 Å². The predicted octanol–water partition coefficient (Wildman–Crippen LogP) is -0.290. The molecule has 0 atom stereocenters. The molecule has 0 heterocycles. The maximum atomic E-state index is 12.9. The van der Waals surface area contributed by atoms with Gasteiger partial charge < -0.3 is 0 Å². The van der Waals surface area contributed by atoms with Crippen molar-refractivity contribution in [3.05, 3.63) is 33.1 Å². The van der Waals surface area contributed by atoms with Gasteiger partial charge in [0.1, 0.15) is 0 Å². The van der Waals surface area contributed by atoms with Crippen molar-refractivity contribution in [3.8, 4) is 0 Å². The number of hydrogen-bond donors (Lipinski definition) is 0. The zero-order chi connectivity index (χ0) is 8.27. The van der Waals surface area contributed by atoms with Gasteiger partial charge in [0, 0.05) is 0 Å². The third-order valence-electron chi connectivity index (χ3n) is 1.27. The first-order chi connectivity index (χ1) is 5.24. The van der Waals surface area contributed by atoms with E-state index >= 15 is 0 Å². The average Bonchev–Trinajstić information content (AvgIpc) is 1.98. The van der Waals surface area contributed by atoms with Gasteiger partial charge in [-0.25, -0.2) is 0 Å². The summed E-state index contributed by atoms with van der Waals surface area (Å²) in [7, 11) is 0. The van der Waals surface area contributed by atoms with Crippen LogP contribution in [0.2, 0.25) is 0 Å². The summed E-state index contributed by atoms with van der Waals surface area (Å²) in [6.45, 7) is 1.79. The second-order valence-corrected chi connectivity index (χ2v) is 10.9. The topological polar surface area (TPSA) is 0 Å². The zero-order valence-electron chi connectivity index (χ0n) is 6.07. The summed E-state index contributed by atoms with van der Waals surface area (Å²) >= 11 is 0.159. The number of halogens is 3. The van der Waals surface area contributed by atoms with Crippen LogP contribution in [0.25, 0.3) is 0 Å². The Morgan fingerprint density at radius 3 is 2.82 bits per heavy atom. The van der Waals surface area contributed by atoms with Gasteiger partial charge in [-0.2, -0.15) is 0 Å². The van der Waals surface area contributed by atoms with Crippen LogP contribution in [0.4, 0.5) is 4.39 Å². The summed E-state index contributed by atoms with van der Waals surface area (Å²) in [5, 5.41) is 0. The first kappa shape index (κ1) is 9.57. The number of aryl methyl sites for hydroxylation is 1. The second kappa shape index (κ2) is 4.49. The molecule has 1 aromatic carbocycles. The summed E-state index contributed by atoms with van der Waals surface area (Å²) < 4.78 is 18.0. The van der Waals surface area contributed by atoms with Gasteiger partial charge in [0.25, 0.3) is 0 Å². The van der Waals surface area contributed by atoms with E-state index in [-0.39, 0.29) is 39.8 Å². The molecule has 0 saturated heterocycles. The first-order valence-corrected chi connectivity index (χ1v) is 11.9. The molecule has 0 bridgehead atoms. The van der Waals surface area contributed by atoms with Crippen LogP contribution in [0, 0.1) is 16.3 Å². The minimum atomic E-state index is -0.0698. The molecule has 0 aliphatic carbocycles. The Kier molecular flexibility index (Phi) is 3.91. The summed E-state index contributed by atoms with van der Waals surface area (Å²) in [6.07, 6.45) is 0. The molecule has 1 aromatic rings. The van der Waals surface area contributed by atoms with Crippen LogP contribution in [0.5, 0.6) is 0 Å². The van der Waals surface area contributed by atoms with Crippen molar-refractivity contribution < 1.29 is 21.6 Å². The molecule has 11 heavy (non-hydrogen) atoms. The molecule has 0 spiro atoms. The molecule has 0 nitrogen and oxygen atoms in total. The molecule has 0 radical (unpaired) electrons. The van der Waals surface area contributed by atoms with Gasteiger partial charge in [-0.15, -0.1) is 0 Å². The molecular formula is C8H8FI2-. The zero-order valence-corrected chi connectivity index (χ0v) is 10.4. The standard InChI is InChI=1S/C8H8FI2/c1-6-3-4-7(11-10-2)5-8(6)9/h3-5H,2H2,1H3/q-1. The van der Waals surface area contributed by atoms with Crippen LogP contribution in [0.15, 0.2) is 18.2 Å². The average molecular weight is 377 g/mol. The first-order valence-electron chi connectivity index (χ1n) is 3.03. The van der Waals surface area contributed by atoms with Crippen LogP contribution < -0.4 is 17.2 Å². The van der Waals surface area contributed by atoms with E-state index in [1.807, 2.05) is 12.1 Å². The Hall–Kier alpha value is 0.480. The Balaban J connectivity index is 2.95. The number of benzene rings is 1. The van der Waals surface area contributed by atoms with E-state index in [4.69, 9.17) is 0 Å². The van der Waals surface area contributed by atoms with E-state index in [2.05, 4.69) is 4.51 Å². The van der Waals surface area contributed by atoms with Gasteiger partial charge in [-0.1, -0.05) is 0 Å². The maximum absolute atomic E-state index is 12.9. The minimum absolute atomic E-state index is 0.0592. The van der Waals surface area contributed by atoms with Crippen molar-refractivity contribution in [2.75, 3.05) is 0 Å². The van der Waals surface area contributed by atoms with Crippen LogP contribution in [-0.2, 0) is 0 Å². The van der Waals surface area contributed by atoms with Gasteiger partial charge in [-0.3, -0.25) is 0 Å². The molecule has 0 amide bonds. The molecule has 1 rings (SSSR count). The van der Waals surface area contributed by atoms with E-state index in [9.17, 15) is 4.39 Å². The van der Waals surface area contributed by atoms with E-state index in [0.29, 0.717) is 0 Å². The fourth-order valence-electron chi connectivity index (χ4n) is 0.670. The van der Waals surface area contributed by atoms with Crippen molar-refractivity contribution in [2.24, 2.45) is 0 Å². The van der Waals surface area contributed by atoms with E-state index < -0.39 is 0 Å². The quantitative estimate of drug-likeness (QED) is 0.622. The SMILES string of the molecule is C=I[I-]c1ccc(C)c(F)c1. The fraction of sp³-hybridized carbons (Fsp3) is 0.125. The molecule has 3 heteroatoms. The third kappa shape index (κ3) is 2.77. The van der Waals surface area contributed by atoms with Crippen LogP contribution >= 0.6 is 16.8 Å². The van der Waals surface area contributed by atoms with E-state index in [1.54, 1.807) is 13.0 Å². The Bertz CT molecular complexity index is 271. The van der Waals surface area contributed by atoms with Crippen LogP contribution in [-0.4, -0.2) is 4.51 Å². The predicted molar refractivity (Wildman–Crippen MR) is 51.0 cm³/mol. The fourth-order valence-corrected chi connectivity index (χ4v) is 5.64. The van der Waals surface area contributed by atoms with Gasteiger partial charge in [-0.05, 0) is 0 Å². The van der Waals surface area contributed by atoms with E-state index in [0.717, 1.165) is 5.56 Å². The summed E-state index contributed by atoms with van der Waals surface area (Å²) in [4.78, 5) is 0. The summed E-state index contributed by atoms with van der Waals surface area (Å²) in [5.74, 6) is -0.0698. The Labute approximate surface area is 82.2 Å². The van der Waals surface area contributed by atoms with Crippen LogP contribution in [0.1, 0.15) is 5.56 Å². The number of rotatable bonds is 2. The van der Waals surface area contributed by atoms with Gasteiger partial charge in [0.05, 0.1) is 0 Å². The Morgan fingerprint density at radius 1 is 1.55 bits per heavy atom. The molecule has 0 aromatic heterocycles. The van der Waals surface area contributed by atoms with Crippen molar-refractivity contribution in [1.29, 1.82) is 0 Å². The summed E-state index contributed by atoms with van der Waals surface area (Å²) in [6, 6.07) is 5.54. The van der Waals surface area contributed by atoms with Crippen LogP contribution in [0.3, 0.4) is 0 Å². The molecule has 0 N–H and O–H groups in total. The van der Waals surface area contributed by atoms with Gasteiger partial charge in [0.15, 0.2) is 0 Å². The molecule has 0 fully saturated rings. The Morgan fingerprint density at radius 2 is 2.27 bits per heavy atom. The monoisotopic (exact) mass is 377 g/mol. The number of hydrogen-bond acceptors (Lipinski definition) is 0. The molecule has 0 aliphatic rings. The molecule has 0 unspecified atom stereocenters. The normalized spacial score (nSPS) is 10.4. The molecule has 0 aliphatic heterocycles.